The van der Waals surface area contributed by atoms with Gasteiger partial charge in [-0.05, 0) is 24.6 Å². The predicted molar refractivity (Wildman–Crippen MR) is 122 cm³/mol. The Bertz CT molecular complexity index is 1130. The fraction of sp³-hybridized carbons (Fsp3) is 0.211. The van der Waals surface area contributed by atoms with Crippen LogP contribution in [0.4, 0.5) is 10.8 Å². The molecule has 0 aliphatic heterocycles. The highest BCUT2D eigenvalue weighted by atomic mass is 35.5. The van der Waals surface area contributed by atoms with Gasteiger partial charge in [-0.2, -0.15) is 0 Å². The van der Waals surface area contributed by atoms with Gasteiger partial charge in [0, 0.05) is 15.6 Å². The Hall–Kier alpha value is -2.20. The molecule has 1 atom stereocenters. The Balaban J connectivity index is 1.89. The molecule has 2 aromatic carbocycles. The third kappa shape index (κ3) is 5.28. The molecular weight excluding hydrogens is 467 g/mol. The van der Waals surface area contributed by atoms with Crippen LogP contribution in [0.1, 0.15) is 13.3 Å². The summed E-state index contributed by atoms with van der Waals surface area (Å²) in [5, 5.41) is 12.2. The first kappa shape index (κ1) is 22.5. The lowest BCUT2D eigenvalue weighted by atomic mass is 10.2. The van der Waals surface area contributed by atoms with E-state index in [1.54, 1.807) is 6.92 Å². The van der Waals surface area contributed by atoms with Gasteiger partial charge in [0.05, 0.1) is 11.9 Å². The summed E-state index contributed by atoms with van der Waals surface area (Å²) in [7, 11) is -3.82. The van der Waals surface area contributed by atoms with Crippen LogP contribution in [0.5, 0.6) is 0 Å². The molecule has 3 aromatic rings. The molecule has 0 saturated heterocycles. The monoisotopic (exact) mass is 484 g/mol. The van der Waals surface area contributed by atoms with Crippen molar-refractivity contribution in [2.45, 2.75) is 19.4 Å². The van der Waals surface area contributed by atoms with Gasteiger partial charge in [-0.1, -0.05) is 71.8 Å². The minimum absolute atomic E-state index is 0.208. The highest BCUT2D eigenvalue weighted by Gasteiger charge is 2.32. The molecule has 1 aromatic heterocycles. The number of nitrogens with one attached hydrogen (secondary N) is 1. The summed E-state index contributed by atoms with van der Waals surface area (Å²) in [4.78, 5) is 13.0. The number of benzene rings is 2. The van der Waals surface area contributed by atoms with Gasteiger partial charge in [0.2, 0.25) is 21.1 Å². The van der Waals surface area contributed by atoms with Crippen LogP contribution in [0.15, 0.2) is 48.5 Å². The van der Waals surface area contributed by atoms with Crippen LogP contribution >= 0.6 is 34.5 Å². The minimum atomic E-state index is -3.82. The quantitative estimate of drug-likeness (QED) is 0.524. The van der Waals surface area contributed by atoms with Crippen LogP contribution in [-0.2, 0) is 14.8 Å². The summed E-state index contributed by atoms with van der Waals surface area (Å²) in [5.41, 5.74) is 1.08. The third-order valence-electron chi connectivity index (χ3n) is 4.11. The number of hydrogen-bond donors (Lipinski definition) is 1. The number of carbonyl (C=O) groups is 1. The van der Waals surface area contributed by atoms with E-state index in [0.717, 1.165) is 16.1 Å². The first-order valence-electron chi connectivity index (χ1n) is 8.84. The van der Waals surface area contributed by atoms with Gasteiger partial charge in [-0.3, -0.25) is 14.4 Å². The van der Waals surface area contributed by atoms with Crippen molar-refractivity contribution in [3.05, 3.63) is 58.6 Å². The summed E-state index contributed by atoms with van der Waals surface area (Å²) < 4.78 is 26.1. The SMILES string of the molecule is CC[C@@H](C(=O)Nc1nnc(-c2ccccc2)s1)N(c1cc(Cl)cc(Cl)c1)S(C)(=O)=O. The van der Waals surface area contributed by atoms with E-state index in [2.05, 4.69) is 15.5 Å². The average molecular weight is 485 g/mol. The number of nitrogens with zero attached hydrogens (tertiary/aromatic N) is 3. The Kier molecular flexibility index (Phi) is 6.97. The van der Waals surface area contributed by atoms with Gasteiger partial charge in [-0.25, -0.2) is 8.42 Å². The summed E-state index contributed by atoms with van der Waals surface area (Å²) in [6.45, 7) is 1.71. The van der Waals surface area contributed by atoms with E-state index >= 15 is 0 Å². The van der Waals surface area contributed by atoms with E-state index < -0.39 is 22.0 Å². The molecule has 7 nitrogen and oxygen atoms in total. The molecule has 0 radical (unpaired) electrons. The van der Waals surface area contributed by atoms with Gasteiger partial charge >= 0.3 is 0 Å². The number of anilines is 2. The van der Waals surface area contributed by atoms with E-state index in [1.165, 1.54) is 29.5 Å². The molecule has 3 rings (SSSR count). The Morgan fingerprint density at radius 1 is 1.13 bits per heavy atom. The second-order valence-corrected chi connectivity index (χ2v) is 10.1. The van der Waals surface area contributed by atoms with Gasteiger partial charge in [-0.15, -0.1) is 10.2 Å². The van der Waals surface area contributed by atoms with Crippen LogP contribution in [0, 0.1) is 0 Å². The summed E-state index contributed by atoms with van der Waals surface area (Å²) in [6.07, 6.45) is 1.24. The van der Waals surface area contributed by atoms with Crippen molar-refractivity contribution in [1.82, 2.24) is 10.2 Å². The molecule has 1 amide bonds. The lowest BCUT2D eigenvalue weighted by molar-refractivity contribution is -0.117. The fourth-order valence-corrected chi connectivity index (χ4v) is 5.35. The number of aromatic nitrogens is 2. The zero-order valence-corrected chi connectivity index (χ0v) is 19.2. The van der Waals surface area contributed by atoms with Crippen molar-refractivity contribution >= 4 is 61.3 Å². The molecule has 158 valence electrons. The summed E-state index contributed by atoms with van der Waals surface area (Å²) >= 11 is 13.3. The number of halogens is 2. The zero-order chi connectivity index (χ0) is 21.9. The van der Waals surface area contributed by atoms with E-state index in [1.807, 2.05) is 30.3 Å². The van der Waals surface area contributed by atoms with Crippen molar-refractivity contribution in [3.8, 4) is 10.6 Å². The Morgan fingerprint density at radius 2 is 1.77 bits per heavy atom. The van der Waals surface area contributed by atoms with E-state index in [9.17, 15) is 13.2 Å². The number of amides is 1. The number of hydrogen-bond acceptors (Lipinski definition) is 6. The predicted octanol–water partition coefficient (Wildman–Crippen LogP) is 4.70. The van der Waals surface area contributed by atoms with Gasteiger partial charge in [0.15, 0.2) is 0 Å². The maximum absolute atomic E-state index is 13.0. The summed E-state index contributed by atoms with van der Waals surface area (Å²) in [6, 6.07) is 12.8. The number of sulfonamides is 1. The van der Waals surface area contributed by atoms with Crippen molar-refractivity contribution < 1.29 is 13.2 Å². The highest BCUT2D eigenvalue weighted by Crippen LogP contribution is 2.30. The average Bonchev–Trinajstić information content (AvgIpc) is 3.13. The second-order valence-electron chi connectivity index (χ2n) is 6.38. The topological polar surface area (TPSA) is 92.3 Å². The molecular formula is C19H18Cl2N4O3S2. The molecule has 0 bridgehead atoms. The molecule has 1 heterocycles. The molecule has 0 aliphatic carbocycles. The molecule has 0 aliphatic rings. The highest BCUT2D eigenvalue weighted by molar-refractivity contribution is 7.92. The lowest BCUT2D eigenvalue weighted by Crippen LogP contribution is -2.47. The summed E-state index contributed by atoms with van der Waals surface area (Å²) in [5.74, 6) is -0.533. The van der Waals surface area contributed by atoms with Gasteiger partial charge in [0.25, 0.3) is 0 Å². The van der Waals surface area contributed by atoms with Crippen molar-refractivity contribution in [2.24, 2.45) is 0 Å². The van der Waals surface area contributed by atoms with Crippen molar-refractivity contribution in [2.75, 3.05) is 15.9 Å². The molecule has 0 saturated carbocycles. The van der Waals surface area contributed by atoms with Crippen LogP contribution in [0.3, 0.4) is 0 Å². The minimum Gasteiger partial charge on any atom is -0.299 e. The smallest absolute Gasteiger partial charge is 0.250 e. The molecule has 11 heteroatoms. The van der Waals surface area contributed by atoms with E-state index in [-0.39, 0.29) is 27.3 Å². The van der Waals surface area contributed by atoms with E-state index in [4.69, 9.17) is 23.2 Å². The van der Waals surface area contributed by atoms with E-state index in [0.29, 0.717) is 5.01 Å². The normalized spacial score (nSPS) is 12.4. The Morgan fingerprint density at radius 3 is 2.33 bits per heavy atom. The maximum atomic E-state index is 13.0. The molecule has 0 unspecified atom stereocenters. The Labute approximate surface area is 188 Å². The largest absolute Gasteiger partial charge is 0.299 e. The van der Waals surface area contributed by atoms with Gasteiger partial charge in [0.1, 0.15) is 11.0 Å². The lowest BCUT2D eigenvalue weighted by Gasteiger charge is -2.30. The van der Waals surface area contributed by atoms with Crippen molar-refractivity contribution in [3.63, 3.8) is 0 Å². The van der Waals surface area contributed by atoms with Crippen LogP contribution in [0.25, 0.3) is 10.6 Å². The molecule has 0 spiro atoms. The number of rotatable bonds is 7. The zero-order valence-electron chi connectivity index (χ0n) is 16.0. The first-order chi connectivity index (χ1) is 14.2. The van der Waals surface area contributed by atoms with Crippen LogP contribution < -0.4 is 9.62 Å². The third-order valence-corrected chi connectivity index (χ3v) is 6.61. The second kappa shape index (κ2) is 9.30. The van der Waals surface area contributed by atoms with Gasteiger partial charge < -0.3 is 0 Å². The molecule has 0 fully saturated rings. The van der Waals surface area contributed by atoms with Crippen LogP contribution in [-0.4, -0.2) is 36.8 Å². The number of carbonyl (C=O) groups excluding carboxylic acids is 1. The first-order valence-corrected chi connectivity index (χ1v) is 12.3. The fourth-order valence-electron chi connectivity index (χ4n) is 2.89. The molecule has 30 heavy (non-hydrogen) atoms. The maximum Gasteiger partial charge on any atom is 0.250 e. The van der Waals surface area contributed by atoms with Crippen molar-refractivity contribution in [1.29, 1.82) is 0 Å². The standard InChI is InChI=1S/C19H18Cl2N4O3S2/c1-3-16(25(30(2,27)28)15-10-13(20)9-14(21)11-15)17(26)22-19-24-23-18(29-19)12-7-5-4-6-8-12/h4-11,16H,3H2,1-2H3,(H,22,24,26)/t16-/m0/s1. The molecule has 1 N–H and O–H groups in total. The van der Waals surface area contributed by atoms with Crippen LogP contribution in [0.2, 0.25) is 10.0 Å².